The molecule has 7 heteroatoms. The summed E-state index contributed by atoms with van der Waals surface area (Å²) in [6.07, 6.45) is 4.77. The Morgan fingerprint density at radius 2 is 1.62 bits per heavy atom. The van der Waals surface area contributed by atoms with Crippen LogP contribution in [-0.4, -0.2) is 29.9 Å². The van der Waals surface area contributed by atoms with Gasteiger partial charge in [-0.25, -0.2) is 14.6 Å². The molecule has 0 saturated heterocycles. The minimum absolute atomic E-state index is 0.155. The molecular formula is C22H28N6O. The Bertz CT molecular complexity index is 1040. The van der Waals surface area contributed by atoms with E-state index in [1.165, 1.54) is 4.68 Å². The summed E-state index contributed by atoms with van der Waals surface area (Å²) in [5, 5.41) is 11.7. The third-order valence-corrected chi connectivity index (χ3v) is 3.96. The van der Waals surface area contributed by atoms with Gasteiger partial charge in [-0.15, -0.1) is 0 Å². The quantitative estimate of drug-likeness (QED) is 0.558. The third-order valence-electron chi connectivity index (χ3n) is 3.96. The topological polar surface area (TPSA) is 89.3 Å². The molecule has 0 aliphatic rings. The van der Waals surface area contributed by atoms with E-state index >= 15 is 0 Å². The first kappa shape index (κ1) is 21.9. The molecule has 4 aromatic rings. The molecule has 4 rings (SSSR count). The fraction of sp³-hybridized carbons (Fsp3) is 0.318. The summed E-state index contributed by atoms with van der Waals surface area (Å²) >= 11 is 0. The fourth-order valence-electron chi connectivity index (χ4n) is 2.70. The predicted molar refractivity (Wildman–Crippen MR) is 116 cm³/mol. The first-order valence-corrected chi connectivity index (χ1v) is 10.0. The Balaban J connectivity index is 0.000000707. The van der Waals surface area contributed by atoms with Gasteiger partial charge in [0.2, 0.25) is 0 Å². The molecule has 3 heterocycles. The molecule has 1 aromatic carbocycles. The number of rotatable bonds is 5. The second kappa shape index (κ2) is 11.5. The van der Waals surface area contributed by atoms with Gasteiger partial charge in [-0.1, -0.05) is 58.0 Å². The zero-order chi connectivity index (χ0) is 21.1. The normalized spacial score (nSPS) is 9.93. The van der Waals surface area contributed by atoms with Crippen molar-refractivity contribution in [3.8, 4) is 0 Å². The Morgan fingerprint density at radius 1 is 0.931 bits per heavy atom. The summed E-state index contributed by atoms with van der Waals surface area (Å²) in [5.74, 6) is 0.760. The number of hydrogen-bond acceptors (Lipinski definition) is 5. The van der Waals surface area contributed by atoms with E-state index in [9.17, 15) is 4.79 Å². The van der Waals surface area contributed by atoms with Gasteiger partial charge in [-0.05, 0) is 11.6 Å². The number of hydrogen-bond donors (Lipinski definition) is 1. The Labute approximate surface area is 170 Å². The van der Waals surface area contributed by atoms with Gasteiger partial charge in [-0.3, -0.25) is 9.89 Å². The van der Waals surface area contributed by atoms with Crippen LogP contribution in [0.4, 0.5) is 0 Å². The summed E-state index contributed by atoms with van der Waals surface area (Å²) in [5.41, 5.74) is 3.05. The molecule has 3 aromatic heterocycles. The third kappa shape index (κ3) is 5.81. The first-order chi connectivity index (χ1) is 14.3. The monoisotopic (exact) mass is 392 g/mol. The first-order valence-electron chi connectivity index (χ1n) is 10.0. The smallest absolute Gasteiger partial charge is 0.269 e. The number of nitrogens with zero attached hydrogens (tertiary/aromatic N) is 5. The zero-order valence-electron chi connectivity index (χ0n) is 17.5. The molecule has 0 radical (unpaired) electrons. The lowest BCUT2D eigenvalue weighted by molar-refractivity contribution is 0.652. The minimum atomic E-state index is -0.155. The number of aromatic nitrogens is 6. The van der Waals surface area contributed by atoms with Gasteiger partial charge in [0.1, 0.15) is 11.3 Å². The van der Waals surface area contributed by atoms with E-state index in [1.54, 1.807) is 24.5 Å². The average Bonchev–Trinajstić information content (AvgIpc) is 3.18. The van der Waals surface area contributed by atoms with E-state index in [2.05, 4.69) is 25.3 Å². The highest BCUT2D eigenvalue weighted by molar-refractivity contribution is 5.75. The molecule has 29 heavy (non-hydrogen) atoms. The van der Waals surface area contributed by atoms with Crippen molar-refractivity contribution in [1.82, 2.24) is 29.9 Å². The minimum Gasteiger partial charge on any atom is -0.276 e. The van der Waals surface area contributed by atoms with Crippen molar-refractivity contribution in [1.29, 1.82) is 0 Å². The fourth-order valence-corrected chi connectivity index (χ4v) is 2.70. The lowest BCUT2D eigenvalue weighted by atomic mass is 10.2. The van der Waals surface area contributed by atoms with Gasteiger partial charge in [0.15, 0.2) is 0 Å². The van der Waals surface area contributed by atoms with Crippen LogP contribution >= 0.6 is 0 Å². The molecule has 7 nitrogen and oxygen atoms in total. The number of aromatic amines is 1. The summed E-state index contributed by atoms with van der Waals surface area (Å²) in [6.45, 7) is 8.43. The van der Waals surface area contributed by atoms with E-state index in [0.717, 1.165) is 17.1 Å². The van der Waals surface area contributed by atoms with Gasteiger partial charge in [0.25, 0.3) is 5.56 Å². The van der Waals surface area contributed by atoms with Gasteiger partial charge >= 0.3 is 0 Å². The molecule has 0 spiro atoms. The SMILES string of the molecule is CC.CC.O=c1cc2[nH]nc(CCc3ncccn3)c2nn1Cc1ccccc1. The summed E-state index contributed by atoms with van der Waals surface area (Å²) in [4.78, 5) is 20.7. The van der Waals surface area contributed by atoms with Crippen molar-refractivity contribution in [2.24, 2.45) is 0 Å². The highest BCUT2D eigenvalue weighted by atomic mass is 16.1. The maximum Gasteiger partial charge on any atom is 0.269 e. The Morgan fingerprint density at radius 3 is 2.31 bits per heavy atom. The number of fused-ring (bicyclic) bond motifs is 1. The molecule has 0 fully saturated rings. The molecule has 0 aliphatic heterocycles. The highest BCUT2D eigenvalue weighted by Gasteiger charge is 2.11. The summed E-state index contributed by atoms with van der Waals surface area (Å²) in [7, 11) is 0. The zero-order valence-corrected chi connectivity index (χ0v) is 17.5. The molecule has 1 N–H and O–H groups in total. The summed E-state index contributed by atoms with van der Waals surface area (Å²) in [6, 6.07) is 13.1. The lowest BCUT2D eigenvalue weighted by Gasteiger charge is -2.05. The molecule has 0 saturated carbocycles. The molecule has 0 aliphatic carbocycles. The number of H-pyrrole nitrogens is 1. The largest absolute Gasteiger partial charge is 0.276 e. The van der Waals surface area contributed by atoms with Crippen LogP contribution in [-0.2, 0) is 19.4 Å². The molecule has 0 bridgehead atoms. The number of aryl methyl sites for hydroxylation is 2. The van der Waals surface area contributed by atoms with Crippen molar-refractivity contribution in [2.75, 3.05) is 0 Å². The maximum absolute atomic E-state index is 12.3. The van der Waals surface area contributed by atoms with Crippen LogP contribution in [0, 0.1) is 0 Å². The van der Waals surface area contributed by atoms with Crippen LogP contribution < -0.4 is 5.56 Å². The number of nitrogens with one attached hydrogen (secondary N) is 1. The van der Waals surface area contributed by atoms with Gasteiger partial charge in [0, 0.05) is 31.3 Å². The maximum atomic E-state index is 12.3. The average molecular weight is 393 g/mol. The van der Waals surface area contributed by atoms with Crippen molar-refractivity contribution < 1.29 is 0 Å². The highest BCUT2D eigenvalue weighted by Crippen LogP contribution is 2.13. The van der Waals surface area contributed by atoms with Crippen molar-refractivity contribution in [3.05, 3.63) is 82.3 Å². The number of benzene rings is 1. The van der Waals surface area contributed by atoms with Crippen LogP contribution in [0.5, 0.6) is 0 Å². The lowest BCUT2D eigenvalue weighted by Crippen LogP contribution is -2.22. The van der Waals surface area contributed by atoms with Crippen LogP contribution in [0.25, 0.3) is 11.0 Å². The molecular weight excluding hydrogens is 364 g/mol. The van der Waals surface area contributed by atoms with E-state index in [4.69, 9.17) is 0 Å². The van der Waals surface area contributed by atoms with Crippen LogP contribution in [0.15, 0.2) is 59.7 Å². The standard InChI is InChI=1S/C18H16N6O.2C2H6/c25-17-11-15-18(23-24(17)12-13-5-2-1-3-6-13)14(21-22-15)7-8-16-19-9-4-10-20-16;2*1-2/h1-6,9-11,22H,7-8,12H2;2*1-2H3. The van der Waals surface area contributed by atoms with Crippen LogP contribution in [0.3, 0.4) is 0 Å². The molecule has 0 amide bonds. The predicted octanol–water partition coefficient (Wildman–Crippen LogP) is 3.80. The molecule has 0 unspecified atom stereocenters. The second-order valence-electron chi connectivity index (χ2n) is 5.72. The van der Waals surface area contributed by atoms with Crippen molar-refractivity contribution >= 4 is 11.0 Å². The van der Waals surface area contributed by atoms with Crippen LogP contribution in [0.2, 0.25) is 0 Å². The molecule has 0 atom stereocenters. The van der Waals surface area contributed by atoms with Gasteiger partial charge < -0.3 is 0 Å². The van der Waals surface area contributed by atoms with E-state index in [1.807, 2.05) is 58.0 Å². The van der Waals surface area contributed by atoms with Gasteiger partial charge in [0.05, 0.1) is 17.8 Å². The van der Waals surface area contributed by atoms with E-state index in [0.29, 0.717) is 30.4 Å². The Hall–Kier alpha value is -3.35. The Kier molecular flexibility index (Phi) is 8.69. The summed E-state index contributed by atoms with van der Waals surface area (Å²) < 4.78 is 1.47. The van der Waals surface area contributed by atoms with Crippen molar-refractivity contribution in [3.63, 3.8) is 0 Å². The second-order valence-corrected chi connectivity index (χ2v) is 5.72. The molecule has 152 valence electrons. The van der Waals surface area contributed by atoms with Crippen LogP contribution in [0.1, 0.15) is 44.8 Å². The van der Waals surface area contributed by atoms with Gasteiger partial charge in [-0.2, -0.15) is 10.2 Å². The van der Waals surface area contributed by atoms with E-state index in [-0.39, 0.29) is 5.56 Å². The van der Waals surface area contributed by atoms with E-state index < -0.39 is 0 Å². The van der Waals surface area contributed by atoms with Crippen molar-refractivity contribution in [2.45, 2.75) is 47.1 Å².